The van der Waals surface area contributed by atoms with Gasteiger partial charge in [-0.15, -0.1) is 0 Å². The Kier molecular flexibility index (Phi) is 5.60. The van der Waals surface area contributed by atoms with Gasteiger partial charge >= 0.3 is 0 Å². The van der Waals surface area contributed by atoms with E-state index >= 15 is 0 Å². The largest absolute Gasteiger partial charge is 0.383 e. The SMILES string of the molecule is COCc1ccc2c(c1)c1c(N)ncnc1n2CC(=O)N1[C@@H]2CC2C[C@H]1C(=O)Nc1cccc(Br)n1. The van der Waals surface area contributed by atoms with E-state index in [0.717, 1.165) is 22.9 Å². The monoisotopic (exact) mass is 549 g/mol. The van der Waals surface area contributed by atoms with Crippen LogP contribution in [0.4, 0.5) is 11.6 Å². The number of nitrogen functional groups attached to an aromatic ring is 1. The first-order chi connectivity index (χ1) is 17.4. The standard InChI is InChI=1S/C25H24BrN7O3/c1-36-11-13-5-6-16-15(7-13)22-23(27)28-12-29-24(22)32(16)10-21(34)33-17-8-14(17)9-18(33)25(35)31-20-4-2-3-19(26)30-20/h2-7,12,14,17-18H,8-11H2,1H3,(H2,27,28,29)(H,30,31,35)/t14?,17-,18+/m1/s1. The van der Waals surface area contributed by atoms with Gasteiger partial charge in [0, 0.05) is 18.5 Å². The number of amides is 2. The van der Waals surface area contributed by atoms with Gasteiger partial charge in [0.15, 0.2) is 0 Å². The Labute approximate surface area is 215 Å². The van der Waals surface area contributed by atoms with Crippen LogP contribution in [-0.4, -0.2) is 55.4 Å². The van der Waals surface area contributed by atoms with Crippen molar-refractivity contribution in [2.45, 2.75) is 38.1 Å². The molecule has 2 fully saturated rings. The van der Waals surface area contributed by atoms with Crippen LogP contribution in [0.3, 0.4) is 0 Å². The van der Waals surface area contributed by atoms with Crippen LogP contribution in [0.15, 0.2) is 47.3 Å². The molecule has 3 N–H and O–H groups in total. The number of fused-ring (bicyclic) bond motifs is 4. The smallest absolute Gasteiger partial charge is 0.248 e. The highest BCUT2D eigenvalue weighted by Gasteiger charge is 2.56. The summed E-state index contributed by atoms with van der Waals surface area (Å²) in [7, 11) is 1.64. The van der Waals surface area contributed by atoms with Gasteiger partial charge in [-0.3, -0.25) is 9.59 Å². The molecule has 3 aromatic heterocycles. The van der Waals surface area contributed by atoms with Gasteiger partial charge in [-0.05, 0) is 64.5 Å². The lowest BCUT2D eigenvalue weighted by Crippen LogP contribution is -2.46. The van der Waals surface area contributed by atoms with E-state index in [4.69, 9.17) is 10.5 Å². The molecular formula is C25H24BrN7O3. The van der Waals surface area contributed by atoms with Gasteiger partial charge in [-0.25, -0.2) is 15.0 Å². The van der Waals surface area contributed by atoms with Crippen LogP contribution in [0.25, 0.3) is 21.9 Å². The Morgan fingerprint density at radius 2 is 2.08 bits per heavy atom. The number of carbonyl (C=O) groups excluding carboxylic acids is 2. The summed E-state index contributed by atoms with van der Waals surface area (Å²) in [4.78, 5) is 41.5. The molecule has 6 rings (SSSR count). The normalized spacial score (nSPS) is 20.6. The molecule has 0 radical (unpaired) electrons. The van der Waals surface area contributed by atoms with Crippen molar-refractivity contribution in [1.29, 1.82) is 0 Å². The quantitative estimate of drug-likeness (QED) is 0.353. The molecule has 1 saturated heterocycles. The number of piperidine rings is 1. The first kappa shape index (κ1) is 22.9. The second kappa shape index (κ2) is 8.82. The Bertz CT molecular complexity index is 1520. The molecule has 1 aliphatic heterocycles. The predicted molar refractivity (Wildman–Crippen MR) is 138 cm³/mol. The molecule has 36 heavy (non-hydrogen) atoms. The second-order valence-corrected chi connectivity index (χ2v) is 10.1. The Morgan fingerprint density at radius 1 is 1.22 bits per heavy atom. The highest BCUT2D eigenvalue weighted by atomic mass is 79.9. The number of nitrogens with zero attached hydrogens (tertiary/aromatic N) is 5. The van der Waals surface area contributed by atoms with Gasteiger partial charge in [0.2, 0.25) is 11.8 Å². The van der Waals surface area contributed by atoms with Crippen LogP contribution >= 0.6 is 15.9 Å². The van der Waals surface area contributed by atoms with E-state index in [9.17, 15) is 9.59 Å². The average molecular weight is 550 g/mol. The van der Waals surface area contributed by atoms with Crippen molar-refractivity contribution < 1.29 is 14.3 Å². The molecule has 4 heterocycles. The van der Waals surface area contributed by atoms with Crippen molar-refractivity contribution in [2.75, 3.05) is 18.2 Å². The van der Waals surface area contributed by atoms with Gasteiger partial charge in [0.05, 0.1) is 17.5 Å². The maximum absolute atomic E-state index is 13.7. The zero-order valence-corrected chi connectivity index (χ0v) is 21.1. The third kappa shape index (κ3) is 3.88. The van der Waals surface area contributed by atoms with Gasteiger partial charge in [0.25, 0.3) is 0 Å². The number of hydrogen-bond donors (Lipinski definition) is 2. The summed E-state index contributed by atoms with van der Waals surface area (Å²) in [5, 5.41) is 4.44. The molecule has 11 heteroatoms. The fourth-order valence-corrected chi connectivity index (χ4v) is 5.70. The second-order valence-electron chi connectivity index (χ2n) is 9.28. The van der Waals surface area contributed by atoms with Crippen LogP contribution in [0, 0.1) is 5.92 Å². The summed E-state index contributed by atoms with van der Waals surface area (Å²) in [6, 6.07) is 10.8. The molecule has 1 aromatic carbocycles. The van der Waals surface area contributed by atoms with E-state index in [-0.39, 0.29) is 24.4 Å². The maximum atomic E-state index is 13.7. The average Bonchev–Trinajstić information content (AvgIpc) is 3.40. The molecule has 1 unspecified atom stereocenters. The van der Waals surface area contributed by atoms with Crippen molar-refractivity contribution >= 4 is 61.3 Å². The minimum Gasteiger partial charge on any atom is -0.383 e. The van der Waals surface area contributed by atoms with Gasteiger partial charge in [-0.2, -0.15) is 0 Å². The predicted octanol–water partition coefficient (Wildman–Crippen LogP) is 3.10. The van der Waals surface area contributed by atoms with Gasteiger partial charge < -0.3 is 25.3 Å². The zero-order chi connectivity index (χ0) is 25.0. The molecule has 1 saturated carbocycles. The van der Waals surface area contributed by atoms with Crippen molar-refractivity contribution in [3.05, 3.63) is 52.9 Å². The van der Waals surface area contributed by atoms with E-state index in [2.05, 4.69) is 36.2 Å². The van der Waals surface area contributed by atoms with Crippen LogP contribution in [0.5, 0.6) is 0 Å². The number of ether oxygens (including phenoxy) is 1. The van der Waals surface area contributed by atoms with Crippen LogP contribution in [-0.2, 0) is 27.5 Å². The molecular weight excluding hydrogens is 526 g/mol. The van der Waals surface area contributed by atoms with Gasteiger partial charge in [0.1, 0.15) is 40.8 Å². The molecule has 3 atom stereocenters. The van der Waals surface area contributed by atoms with E-state index in [1.807, 2.05) is 22.8 Å². The third-order valence-electron chi connectivity index (χ3n) is 7.00. The Balaban J connectivity index is 1.32. The summed E-state index contributed by atoms with van der Waals surface area (Å²) >= 11 is 3.32. The number of halogens is 1. The number of nitrogens with one attached hydrogen (secondary N) is 1. The molecule has 10 nitrogen and oxygen atoms in total. The molecule has 1 aliphatic carbocycles. The maximum Gasteiger partial charge on any atom is 0.248 e. The number of nitrogens with two attached hydrogens (primary N) is 1. The summed E-state index contributed by atoms with van der Waals surface area (Å²) in [6.45, 7) is 0.498. The van der Waals surface area contributed by atoms with Crippen LogP contribution in [0.2, 0.25) is 0 Å². The minimum atomic E-state index is -0.539. The summed E-state index contributed by atoms with van der Waals surface area (Å²) in [5.74, 6) is 0.808. The van der Waals surface area contributed by atoms with E-state index in [1.165, 1.54) is 6.33 Å². The lowest BCUT2D eigenvalue weighted by Gasteiger charge is -2.27. The van der Waals surface area contributed by atoms with Crippen molar-refractivity contribution in [2.24, 2.45) is 5.92 Å². The fraction of sp³-hybridized carbons (Fsp3) is 0.320. The summed E-state index contributed by atoms with van der Waals surface area (Å²) in [5.41, 5.74) is 8.64. The molecule has 184 valence electrons. The number of likely N-dealkylation sites (tertiary alicyclic amines) is 1. The van der Waals surface area contributed by atoms with E-state index < -0.39 is 6.04 Å². The molecule has 2 amide bonds. The number of carbonyl (C=O) groups is 2. The minimum absolute atomic E-state index is 0.0439. The highest BCUT2D eigenvalue weighted by Crippen LogP contribution is 2.48. The van der Waals surface area contributed by atoms with Crippen molar-refractivity contribution in [3.63, 3.8) is 0 Å². The molecule has 0 bridgehead atoms. The Morgan fingerprint density at radius 3 is 2.89 bits per heavy atom. The van der Waals surface area contributed by atoms with Crippen molar-refractivity contribution in [3.8, 4) is 0 Å². The lowest BCUT2D eigenvalue weighted by molar-refractivity contribution is -0.138. The molecule has 0 spiro atoms. The van der Waals surface area contributed by atoms with Gasteiger partial charge in [-0.1, -0.05) is 12.1 Å². The molecule has 4 aromatic rings. The number of rotatable bonds is 6. The number of hydrogen-bond acceptors (Lipinski definition) is 7. The number of methoxy groups -OCH3 is 1. The first-order valence-corrected chi connectivity index (χ1v) is 12.5. The summed E-state index contributed by atoms with van der Waals surface area (Å²) < 4.78 is 7.77. The zero-order valence-electron chi connectivity index (χ0n) is 19.5. The molecule has 2 aliphatic rings. The third-order valence-corrected chi connectivity index (χ3v) is 7.44. The van der Waals surface area contributed by atoms with E-state index in [0.29, 0.717) is 46.2 Å². The summed E-state index contributed by atoms with van der Waals surface area (Å²) in [6.07, 6.45) is 2.98. The lowest BCUT2D eigenvalue weighted by atomic mass is 10.1. The number of benzene rings is 1. The highest BCUT2D eigenvalue weighted by molar-refractivity contribution is 9.10. The first-order valence-electron chi connectivity index (χ1n) is 11.7. The van der Waals surface area contributed by atoms with Crippen molar-refractivity contribution in [1.82, 2.24) is 24.4 Å². The van der Waals surface area contributed by atoms with Crippen LogP contribution < -0.4 is 11.1 Å². The topological polar surface area (TPSA) is 128 Å². The Hall–Kier alpha value is -3.57. The number of pyridine rings is 1. The van der Waals surface area contributed by atoms with Crippen LogP contribution in [0.1, 0.15) is 18.4 Å². The number of aromatic nitrogens is 4. The van der Waals surface area contributed by atoms with E-state index in [1.54, 1.807) is 30.2 Å². The fourth-order valence-electron chi connectivity index (χ4n) is 5.36. The number of anilines is 2.